The smallest absolute Gasteiger partial charge is 0.210 e. The van der Waals surface area contributed by atoms with Gasteiger partial charge in [-0.1, -0.05) is 251 Å². The molecule has 1 unspecified atom stereocenters. The number of anilines is 2. The summed E-state index contributed by atoms with van der Waals surface area (Å²) in [5.74, 6) is -0.156. The fourth-order valence-corrected chi connectivity index (χ4v) is 16.7. The minimum absolute atomic E-state index is 0.156. The summed E-state index contributed by atoms with van der Waals surface area (Å²) in [7, 11) is 6.66. The van der Waals surface area contributed by atoms with Gasteiger partial charge in [0.15, 0.2) is 5.71 Å². The molecule has 0 aromatic heterocycles. The van der Waals surface area contributed by atoms with E-state index in [0.717, 1.165) is 64.2 Å². The third-order valence-corrected chi connectivity index (χ3v) is 21.1. The van der Waals surface area contributed by atoms with E-state index in [9.17, 15) is 0 Å². The van der Waals surface area contributed by atoms with Crippen molar-refractivity contribution in [1.29, 1.82) is 0 Å². The number of fused-ring (bicyclic) bond motifs is 7. The highest BCUT2D eigenvalue weighted by Gasteiger charge is 2.48. The summed E-state index contributed by atoms with van der Waals surface area (Å²) in [5.41, 5.74) is 20.2. The summed E-state index contributed by atoms with van der Waals surface area (Å²) < 4.78 is 2.38. The van der Waals surface area contributed by atoms with Crippen LogP contribution in [0, 0.1) is 6.92 Å². The van der Waals surface area contributed by atoms with Crippen LogP contribution in [-0.2, 0) is 47.3 Å². The number of hydrogen-bond donors (Lipinski definition) is 0. The van der Waals surface area contributed by atoms with Gasteiger partial charge < -0.3 is 9.80 Å². The molecule has 0 radical (unpaired) electrons. The Labute approximate surface area is 544 Å². The maximum atomic E-state index is 7.89. The zero-order valence-corrected chi connectivity index (χ0v) is 55.0. The van der Waals surface area contributed by atoms with E-state index in [1.54, 1.807) is 0 Å². The SMILES string of the molecule is C=C(/C=C/C=C1/N(C)c2ccc3ccccc3c2C1(C)C)C(Cc1ccccc1)(Cc1ccccc1)c1cc(Cl)c(C(C)c2cc3c(cc2Cl)C(Cc2ccccc2)(Cc2ccccc2)C(=CC=CC2=[N+](C)c4ccc5ccccc5c4C2(C)C)N3C)cc1C. The lowest BCUT2D eigenvalue weighted by molar-refractivity contribution is -0.401. The van der Waals surface area contributed by atoms with E-state index in [4.69, 9.17) is 29.8 Å². The van der Waals surface area contributed by atoms with Crippen LogP contribution in [0.2, 0.25) is 10.0 Å². The summed E-state index contributed by atoms with van der Waals surface area (Å²) in [6, 6.07) is 79.5. The standard InChI is InChI=1S/C85H80Cl2N3/c1-57-49-68(72(86)51-70(57)84(53-60-30-15-11-16-31-60,54-61-32-17-12-18-33-61)58(2)29-27-42-77-82(4,5)80-66-40-25-23-38-64(66)45-47-74(80)88(77)8)59(3)69-50-76-71(52-73(69)87)85(55-62-34-19-13-20-35-62,56-63-36-21-14-22-37-63)79(90(76)10)44-28-43-78-83(6,7)81-67-41-26-24-39-65(67)46-48-75(81)89(78)9/h11-52,59H,2,53-56H2,1,3-10H3/q+1/b29-27+,77-42+. The number of rotatable bonds is 16. The summed E-state index contributed by atoms with van der Waals surface area (Å²) in [5, 5.41) is 6.56. The first-order valence-electron chi connectivity index (χ1n) is 31.8. The molecule has 0 amide bonds. The van der Waals surface area contributed by atoms with Gasteiger partial charge in [0.25, 0.3) is 0 Å². The van der Waals surface area contributed by atoms with Crippen molar-refractivity contribution in [3.8, 4) is 0 Å². The molecule has 10 aromatic carbocycles. The predicted molar refractivity (Wildman–Crippen MR) is 384 cm³/mol. The Morgan fingerprint density at radius 2 is 1.03 bits per heavy atom. The van der Waals surface area contributed by atoms with E-state index in [0.29, 0.717) is 5.02 Å². The van der Waals surface area contributed by atoms with E-state index in [1.807, 2.05) is 0 Å². The van der Waals surface area contributed by atoms with Gasteiger partial charge in [-0.25, -0.2) is 0 Å². The van der Waals surface area contributed by atoms with Crippen LogP contribution in [0.15, 0.2) is 278 Å². The van der Waals surface area contributed by atoms with Crippen LogP contribution in [0.4, 0.5) is 17.1 Å². The first kappa shape index (κ1) is 60.2. The van der Waals surface area contributed by atoms with Gasteiger partial charge in [-0.3, -0.25) is 0 Å². The molecule has 0 saturated carbocycles. The van der Waals surface area contributed by atoms with Gasteiger partial charge in [-0.15, -0.1) is 0 Å². The maximum Gasteiger partial charge on any atom is 0.210 e. The highest BCUT2D eigenvalue weighted by molar-refractivity contribution is 6.32. The summed E-state index contributed by atoms with van der Waals surface area (Å²) in [4.78, 5) is 4.80. The van der Waals surface area contributed by atoms with Crippen molar-refractivity contribution in [3.05, 3.63) is 350 Å². The van der Waals surface area contributed by atoms with Gasteiger partial charge in [-0.2, -0.15) is 4.58 Å². The second-order valence-corrected chi connectivity index (χ2v) is 27.5. The van der Waals surface area contributed by atoms with Crippen LogP contribution in [0.25, 0.3) is 21.5 Å². The number of halogens is 2. The lowest BCUT2D eigenvalue weighted by atomic mass is 9.65. The highest BCUT2D eigenvalue weighted by atomic mass is 35.5. The Hall–Kier alpha value is -8.73. The molecule has 0 spiro atoms. The molecule has 0 N–H and O–H groups in total. The van der Waals surface area contributed by atoms with Crippen molar-refractivity contribution in [2.75, 3.05) is 30.9 Å². The van der Waals surface area contributed by atoms with Gasteiger partial charge in [0, 0.05) is 86.8 Å². The van der Waals surface area contributed by atoms with Crippen molar-refractivity contribution < 1.29 is 4.58 Å². The van der Waals surface area contributed by atoms with Gasteiger partial charge in [0.1, 0.15) is 7.05 Å². The van der Waals surface area contributed by atoms with Crippen LogP contribution < -0.4 is 9.80 Å². The molecule has 90 heavy (non-hydrogen) atoms. The Morgan fingerprint density at radius 1 is 0.544 bits per heavy atom. The molecule has 13 rings (SSSR count). The first-order valence-corrected chi connectivity index (χ1v) is 32.6. The predicted octanol–water partition coefficient (Wildman–Crippen LogP) is 21.2. The molecule has 0 saturated heterocycles. The largest absolute Gasteiger partial charge is 0.347 e. The molecule has 0 fully saturated rings. The van der Waals surface area contributed by atoms with Gasteiger partial charge in [0.05, 0.1) is 5.41 Å². The Bertz CT molecular complexity index is 4500. The molecule has 10 aromatic rings. The normalized spacial score (nSPS) is 16.9. The fourth-order valence-electron chi connectivity index (χ4n) is 16.0. The van der Waals surface area contributed by atoms with Crippen LogP contribution in [0.1, 0.15) is 102 Å². The van der Waals surface area contributed by atoms with Crippen molar-refractivity contribution in [3.63, 3.8) is 0 Å². The number of likely N-dealkylation sites (N-methyl/N-ethyl adjacent to an activating group) is 2. The Kier molecular flexibility index (Phi) is 16.0. The zero-order valence-electron chi connectivity index (χ0n) is 53.5. The van der Waals surface area contributed by atoms with E-state index >= 15 is 0 Å². The van der Waals surface area contributed by atoms with E-state index in [1.165, 1.54) is 89.0 Å². The van der Waals surface area contributed by atoms with E-state index in [2.05, 4.69) is 332 Å². The highest BCUT2D eigenvalue weighted by Crippen LogP contribution is 2.55. The average Bonchev–Trinajstić information content (AvgIpc) is 1.58. The molecule has 0 aliphatic carbocycles. The van der Waals surface area contributed by atoms with Crippen LogP contribution in [0.5, 0.6) is 0 Å². The average molecular weight is 1210 g/mol. The van der Waals surface area contributed by atoms with Crippen molar-refractivity contribution >= 4 is 67.5 Å². The monoisotopic (exact) mass is 1210 g/mol. The van der Waals surface area contributed by atoms with E-state index < -0.39 is 10.8 Å². The van der Waals surface area contributed by atoms with Crippen molar-refractivity contribution in [1.82, 2.24) is 0 Å². The summed E-state index contributed by atoms with van der Waals surface area (Å²) >= 11 is 15.8. The van der Waals surface area contributed by atoms with Crippen molar-refractivity contribution in [2.24, 2.45) is 0 Å². The van der Waals surface area contributed by atoms with Gasteiger partial charge in [0.2, 0.25) is 5.69 Å². The number of aryl methyl sites for hydroxylation is 1. The molecule has 3 aliphatic heterocycles. The lowest BCUT2D eigenvalue weighted by Crippen LogP contribution is -2.34. The molecule has 0 bridgehead atoms. The fraction of sp³-hybridized carbons (Fsp3) is 0.212. The zero-order chi connectivity index (χ0) is 62.7. The van der Waals surface area contributed by atoms with Crippen LogP contribution in [-0.4, -0.2) is 31.4 Å². The molecule has 3 nitrogen and oxygen atoms in total. The number of benzene rings is 10. The molecular weight excluding hydrogens is 1130 g/mol. The molecule has 448 valence electrons. The second-order valence-electron chi connectivity index (χ2n) is 26.6. The van der Waals surface area contributed by atoms with Crippen LogP contribution in [0.3, 0.4) is 0 Å². The molecule has 3 aliphatic rings. The molecular formula is C85H80Cl2N3+. The molecule has 5 heteroatoms. The van der Waals surface area contributed by atoms with Crippen molar-refractivity contribution in [2.45, 2.75) is 94.8 Å². The van der Waals surface area contributed by atoms with Crippen LogP contribution >= 0.6 is 23.2 Å². The third kappa shape index (κ3) is 10.5. The number of nitrogens with zero attached hydrogens (tertiary/aromatic N) is 3. The Morgan fingerprint density at radius 3 is 1.62 bits per heavy atom. The number of allylic oxidation sites excluding steroid dienone is 9. The quantitative estimate of drug-likeness (QED) is 0.0704. The minimum atomic E-state index is -0.588. The molecule has 1 atom stereocenters. The number of hydrogen-bond acceptors (Lipinski definition) is 2. The summed E-state index contributed by atoms with van der Waals surface area (Å²) in [6.45, 7) is 19.0. The summed E-state index contributed by atoms with van der Waals surface area (Å²) in [6.07, 6.45) is 16.8. The minimum Gasteiger partial charge on any atom is -0.347 e. The van der Waals surface area contributed by atoms with Gasteiger partial charge in [-0.05, 0) is 172 Å². The topological polar surface area (TPSA) is 9.49 Å². The van der Waals surface area contributed by atoms with Gasteiger partial charge >= 0.3 is 0 Å². The van der Waals surface area contributed by atoms with E-state index in [-0.39, 0.29) is 16.7 Å². The Balaban J connectivity index is 0.903. The molecule has 3 heterocycles. The first-order chi connectivity index (χ1) is 43.4. The second kappa shape index (κ2) is 23.9. The maximum absolute atomic E-state index is 7.89. The third-order valence-electron chi connectivity index (χ3n) is 20.5. The lowest BCUT2D eigenvalue weighted by Gasteiger charge is -2.38.